The van der Waals surface area contributed by atoms with E-state index in [4.69, 9.17) is 0 Å². The molecule has 0 saturated carbocycles. The van der Waals surface area contributed by atoms with Crippen molar-refractivity contribution in [3.05, 3.63) is 34.4 Å². The Bertz CT molecular complexity index is 784. The summed E-state index contributed by atoms with van der Waals surface area (Å²) >= 11 is 0. The third-order valence-corrected chi connectivity index (χ3v) is 4.44. The van der Waals surface area contributed by atoms with Crippen LogP contribution in [0.1, 0.15) is 0 Å². The lowest BCUT2D eigenvalue weighted by Crippen LogP contribution is -2.61. The second kappa shape index (κ2) is 6.94. The largest absolute Gasteiger partial charge is 0.379 e. The highest BCUT2D eigenvalue weighted by molar-refractivity contribution is 7.89. The number of alkyl halides is 8. The molecular weight excluding hydrogens is 408 g/mol. The minimum atomic E-state index is -6.61. The minimum absolute atomic E-state index is 0.560. The van der Waals surface area contributed by atoms with Gasteiger partial charge in [0.15, 0.2) is 4.90 Å². The lowest BCUT2D eigenvalue weighted by atomic mass is 10.1. The number of nitro groups is 1. The molecule has 1 rings (SSSR count). The third kappa shape index (κ3) is 3.87. The van der Waals surface area contributed by atoms with Crippen molar-refractivity contribution >= 4 is 15.7 Å². The van der Waals surface area contributed by atoms with Crippen LogP contribution in [0.15, 0.2) is 29.2 Å². The quantitative estimate of drug-likeness (QED) is 0.401. The molecule has 0 heterocycles. The topological polar surface area (TPSA) is 89.3 Å². The summed E-state index contributed by atoms with van der Waals surface area (Å²) in [6.07, 6.45) is -5.16. The van der Waals surface area contributed by atoms with E-state index in [9.17, 15) is 53.7 Å². The molecule has 0 fully saturated rings. The Morgan fingerprint density at radius 2 is 1.58 bits per heavy atom. The van der Waals surface area contributed by atoms with Crippen molar-refractivity contribution in [3.63, 3.8) is 0 Å². The smallest absolute Gasteiger partial charge is 0.258 e. The average molecular weight is 416 g/mol. The van der Waals surface area contributed by atoms with E-state index in [0.717, 1.165) is 16.9 Å². The molecule has 0 amide bonds. The number of sulfonamides is 1. The van der Waals surface area contributed by atoms with Gasteiger partial charge in [-0.3, -0.25) is 10.1 Å². The zero-order chi connectivity index (χ0) is 20.6. The highest BCUT2D eigenvalue weighted by atomic mass is 32.2. The molecule has 0 aliphatic rings. The van der Waals surface area contributed by atoms with Crippen LogP contribution < -0.4 is 4.72 Å². The zero-order valence-corrected chi connectivity index (χ0v) is 12.9. The van der Waals surface area contributed by atoms with E-state index in [1.807, 2.05) is 0 Å². The number of nitrogens with zero attached hydrogens (tertiary/aromatic N) is 1. The van der Waals surface area contributed by atoms with Gasteiger partial charge < -0.3 is 0 Å². The van der Waals surface area contributed by atoms with E-state index in [1.165, 1.54) is 0 Å². The van der Waals surface area contributed by atoms with Crippen molar-refractivity contribution < 1.29 is 48.5 Å². The van der Waals surface area contributed by atoms with Gasteiger partial charge in [0, 0.05) is 6.07 Å². The number of para-hydroxylation sites is 1. The molecule has 1 aromatic carbocycles. The van der Waals surface area contributed by atoms with E-state index in [-0.39, 0.29) is 0 Å². The summed E-state index contributed by atoms with van der Waals surface area (Å²) in [5, 5.41) is 10.7. The van der Waals surface area contributed by atoms with Gasteiger partial charge >= 0.3 is 24.2 Å². The minimum Gasteiger partial charge on any atom is -0.258 e. The molecule has 0 bridgehead atoms. The number of rotatable bonds is 8. The Hall–Kier alpha value is -2.03. The fourth-order valence-corrected chi connectivity index (χ4v) is 2.79. The fraction of sp³-hybridized carbons (Fsp3) is 0.455. The highest BCUT2D eigenvalue weighted by Gasteiger charge is 2.75. The molecule has 6 nitrogen and oxygen atoms in total. The Kier molecular flexibility index (Phi) is 5.88. The molecule has 26 heavy (non-hydrogen) atoms. The van der Waals surface area contributed by atoms with Crippen molar-refractivity contribution in [3.8, 4) is 0 Å². The van der Waals surface area contributed by atoms with Crippen LogP contribution in [0, 0.1) is 10.1 Å². The van der Waals surface area contributed by atoms with Crippen LogP contribution in [-0.2, 0) is 10.0 Å². The normalized spacial score (nSPS) is 13.9. The van der Waals surface area contributed by atoms with Gasteiger partial charge in [0.05, 0.1) is 11.5 Å². The third-order valence-electron chi connectivity index (χ3n) is 2.99. The molecule has 0 aromatic heterocycles. The molecule has 1 N–H and O–H groups in total. The van der Waals surface area contributed by atoms with Crippen molar-refractivity contribution in [1.29, 1.82) is 0 Å². The van der Waals surface area contributed by atoms with Crippen LogP contribution in [0.4, 0.5) is 40.8 Å². The number of halogens is 8. The SMILES string of the molecule is O=[N+]([O-])c1ccccc1S(=O)(=O)NCC(F)(F)C(F)(F)C(F)(F)C(F)F. The summed E-state index contributed by atoms with van der Waals surface area (Å²) in [6, 6.07) is 3.14. The first kappa shape index (κ1) is 22.0. The summed E-state index contributed by atoms with van der Waals surface area (Å²) in [5.41, 5.74) is -1.12. The van der Waals surface area contributed by atoms with E-state index in [1.54, 1.807) is 0 Å². The van der Waals surface area contributed by atoms with Gasteiger partial charge in [0.25, 0.3) is 5.69 Å². The molecule has 0 aliphatic heterocycles. The summed E-state index contributed by atoms with van der Waals surface area (Å²) in [5.74, 6) is -19.0. The predicted molar refractivity (Wildman–Crippen MR) is 69.1 cm³/mol. The number of hydrogen-bond acceptors (Lipinski definition) is 4. The van der Waals surface area contributed by atoms with Gasteiger partial charge in [-0.15, -0.1) is 0 Å². The predicted octanol–water partition coefficient (Wildman–Crippen LogP) is 3.04. The van der Waals surface area contributed by atoms with Crippen LogP contribution in [0.2, 0.25) is 0 Å². The van der Waals surface area contributed by atoms with Crippen molar-refractivity contribution in [1.82, 2.24) is 4.72 Å². The molecule has 0 radical (unpaired) electrons. The summed E-state index contributed by atoms with van der Waals surface area (Å²) in [4.78, 5) is 8.25. The molecule has 0 atom stereocenters. The zero-order valence-electron chi connectivity index (χ0n) is 12.1. The van der Waals surface area contributed by atoms with Crippen molar-refractivity contribution in [2.45, 2.75) is 29.1 Å². The first-order valence-electron chi connectivity index (χ1n) is 6.22. The maximum atomic E-state index is 13.3. The second-order valence-electron chi connectivity index (χ2n) is 4.75. The number of benzene rings is 1. The first-order valence-corrected chi connectivity index (χ1v) is 7.71. The van der Waals surface area contributed by atoms with Gasteiger partial charge in [-0.1, -0.05) is 12.1 Å². The molecule has 0 spiro atoms. The second-order valence-corrected chi connectivity index (χ2v) is 6.49. The van der Waals surface area contributed by atoms with Crippen LogP contribution in [0.3, 0.4) is 0 Å². The molecule has 0 unspecified atom stereocenters. The van der Waals surface area contributed by atoms with Gasteiger partial charge in [-0.2, -0.15) is 26.3 Å². The number of hydrogen-bond donors (Lipinski definition) is 1. The fourth-order valence-electron chi connectivity index (χ4n) is 1.59. The van der Waals surface area contributed by atoms with Gasteiger partial charge in [-0.25, -0.2) is 21.9 Å². The molecular formula is C11H8F8N2O4S. The van der Waals surface area contributed by atoms with E-state index < -0.39 is 56.3 Å². The maximum absolute atomic E-state index is 13.3. The summed E-state index contributed by atoms with van der Waals surface area (Å²) in [7, 11) is -5.23. The molecule has 0 aliphatic carbocycles. The Morgan fingerprint density at radius 1 is 1.08 bits per heavy atom. The lowest BCUT2D eigenvalue weighted by molar-refractivity contribution is -0.387. The maximum Gasteiger partial charge on any atom is 0.379 e. The Balaban J connectivity index is 3.16. The van der Waals surface area contributed by atoms with Crippen molar-refractivity contribution in [2.75, 3.05) is 6.54 Å². The van der Waals surface area contributed by atoms with Gasteiger partial charge in [-0.05, 0) is 6.07 Å². The van der Waals surface area contributed by atoms with Crippen LogP contribution in [0.5, 0.6) is 0 Å². The molecule has 148 valence electrons. The summed E-state index contributed by atoms with van der Waals surface area (Å²) < 4.78 is 126. The summed E-state index contributed by atoms with van der Waals surface area (Å²) in [6.45, 7) is -2.71. The highest BCUT2D eigenvalue weighted by Crippen LogP contribution is 2.48. The molecule has 15 heteroatoms. The van der Waals surface area contributed by atoms with E-state index >= 15 is 0 Å². The van der Waals surface area contributed by atoms with Crippen LogP contribution in [-0.4, -0.2) is 44.1 Å². The molecule has 1 aromatic rings. The first-order chi connectivity index (χ1) is 11.6. The van der Waals surface area contributed by atoms with Gasteiger partial charge in [0.2, 0.25) is 10.0 Å². The van der Waals surface area contributed by atoms with E-state index in [0.29, 0.717) is 12.1 Å². The average Bonchev–Trinajstić information content (AvgIpc) is 2.52. The standard InChI is InChI=1S/C11H8F8N2O4S/c12-8(13)10(16,17)11(18,19)9(14,15)5-20-26(24,25)7-4-2-1-3-6(7)21(22)23/h1-4,8,20H,5H2. The van der Waals surface area contributed by atoms with Crippen LogP contribution in [0.25, 0.3) is 0 Å². The number of nitro benzene ring substituents is 1. The molecule has 0 saturated heterocycles. The Labute approximate surface area is 140 Å². The van der Waals surface area contributed by atoms with Crippen molar-refractivity contribution in [2.24, 2.45) is 0 Å². The van der Waals surface area contributed by atoms with Crippen LogP contribution >= 0.6 is 0 Å². The van der Waals surface area contributed by atoms with Gasteiger partial charge in [0.1, 0.15) is 0 Å². The lowest BCUT2D eigenvalue weighted by Gasteiger charge is -2.32. The Morgan fingerprint density at radius 3 is 2.04 bits per heavy atom. The monoisotopic (exact) mass is 416 g/mol. The number of nitrogens with one attached hydrogen (secondary N) is 1. The van der Waals surface area contributed by atoms with E-state index in [2.05, 4.69) is 0 Å².